The number of carbonyl (C=O) groups excluding carboxylic acids is 1. The Balaban J connectivity index is 2.22. The second-order valence-corrected chi connectivity index (χ2v) is 6.28. The molecule has 1 aliphatic rings. The van der Waals surface area contributed by atoms with Crippen LogP contribution in [0.3, 0.4) is 0 Å². The van der Waals surface area contributed by atoms with Crippen molar-refractivity contribution in [3.63, 3.8) is 0 Å². The molecule has 19 heavy (non-hydrogen) atoms. The van der Waals surface area contributed by atoms with Gasteiger partial charge >= 0.3 is 0 Å². The van der Waals surface area contributed by atoms with E-state index >= 15 is 0 Å². The lowest BCUT2D eigenvalue weighted by Crippen LogP contribution is -2.36. The lowest BCUT2D eigenvalue weighted by atomic mass is 10.2. The fourth-order valence-corrected chi connectivity index (χ4v) is 3.66. The Bertz CT molecular complexity index is 696. The number of hydrogen-bond donors (Lipinski definition) is 0. The summed E-state index contributed by atoms with van der Waals surface area (Å²) in [6.45, 7) is 3.65. The highest BCUT2D eigenvalue weighted by molar-refractivity contribution is 9.10. The molecule has 1 amide bonds. The monoisotopic (exact) mass is 360 g/mol. The molecule has 0 spiro atoms. The molecule has 0 saturated heterocycles. The SMILES string of the molecule is CC(=O)N1CCn2c(cc3c(Br)cc(Cl)c(Cl)c32)C1. The Kier molecular flexibility index (Phi) is 3.28. The fraction of sp³-hybridized carbons (Fsp3) is 0.308. The Morgan fingerprint density at radius 2 is 2.05 bits per heavy atom. The van der Waals surface area contributed by atoms with Crippen LogP contribution in [0.1, 0.15) is 12.6 Å². The highest BCUT2D eigenvalue weighted by Crippen LogP contribution is 2.39. The maximum Gasteiger partial charge on any atom is 0.219 e. The second-order valence-electron chi connectivity index (χ2n) is 4.64. The summed E-state index contributed by atoms with van der Waals surface area (Å²) in [7, 11) is 0. The summed E-state index contributed by atoms with van der Waals surface area (Å²) in [6.07, 6.45) is 0. The molecule has 0 atom stereocenters. The molecule has 1 aliphatic heterocycles. The molecular weight excluding hydrogens is 351 g/mol. The minimum atomic E-state index is 0.0969. The zero-order chi connectivity index (χ0) is 13.7. The highest BCUT2D eigenvalue weighted by atomic mass is 79.9. The van der Waals surface area contributed by atoms with Crippen LogP contribution in [0.5, 0.6) is 0 Å². The molecule has 1 aromatic carbocycles. The van der Waals surface area contributed by atoms with E-state index in [0.717, 1.165) is 27.6 Å². The summed E-state index contributed by atoms with van der Waals surface area (Å²) in [5.41, 5.74) is 2.03. The summed E-state index contributed by atoms with van der Waals surface area (Å²) in [5.74, 6) is 0.0969. The molecular formula is C13H11BrCl2N2O. The number of carbonyl (C=O) groups is 1. The lowest BCUT2D eigenvalue weighted by Gasteiger charge is -2.28. The van der Waals surface area contributed by atoms with Gasteiger partial charge in [-0.15, -0.1) is 0 Å². The smallest absolute Gasteiger partial charge is 0.219 e. The van der Waals surface area contributed by atoms with Crippen molar-refractivity contribution in [3.05, 3.63) is 32.3 Å². The van der Waals surface area contributed by atoms with E-state index in [2.05, 4.69) is 26.6 Å². The van der Waals surface area contributed by atoms with Crippen molar-refractivity contribution >= 4 is 55.9 Å². The van der Waals surface area contributed by atoms with Gasteiger partial charge in [-0.25, -0.2) is 0 Å². The van der Waals surface area contributed by atoms with Crippen molar-refractivity contribution in [2.75, 3.05) is 6.54 Å². The predicted octanol–water partition coefficient (Wildman–Crippen LogP) is 4.07. The van der Waals surface area contributed by atoms with Crippen LogP contribution in [0.25, 0.3) is 10.9 Å². The standard InChI is InChI=1S/C13H11BrCl2N2O/c1-7(19)17-2-3-18-8(6-17)4-9-10(14)5-11(15)12(16)13(9)18/h4-5H,2-3,6H2,1H3. The molecule has 0 unspecified atom stereocenters. The zero-order valence-corrected chi connectivity index (χ0v) is 13.3. The zero-order valence-electron chi connectivity index (χ0n) is 10.2. The molecule has 1 aromatic heterocycles. The van der Waals surface area contributed by atoms with E-state index in [-0.39, 0.29) is 5.91 Å². The maximum atomic E-state index is 11.5. The molecule has 0 fully saturated rings. The van der Waals surface area contributed by atoms with E-state index in [1.807, 2.05) is 4.90 Å². The summed E-state index contributed by atoms with van der Waals surface area (Å²) in [6, 6.07) is 3.87. The number of rotatable bonds is 0. The number of aromatic nitrogens is 1. The summed E-state index contributed by atoms with van der Waals surface area (Å²) >= 11 is 16.0. The van der Waals surface area contributed by atoms with Gasteiger partial charge in [0.2, 0.25) is 5.91 Å². The van der Waals surface area contributed by atoms with E-state index in [4.69, 9.17) is 23.2 Å². The van der Waals surface area contributed by atoms with Gasteiger partial charge in [-0.1, -0.05) is 39.1 Å². The average molecular weight is 362 g/mol. The molecule has 100 valence electrons. The van der Waals surface area contributed by atoms with E-state index in [1.54, 1.807) is 13.0 Å². The normalized spacial score (nSPS) is 14.8. The van der Waals surface area contributed by atoms with Crippen LogP contribution in [0, 0.1) is 0 Å². The predicted molar refractivity (Wildman–Crippen MR) is 80.7 cm³/mol. The first-order valence-corrected chi connectivity index (χ1v) is 7.45. The van der Waals surface area contributed by atoms with Crippen LogP contribution in [-0.4, -0.2) is 21.9 Å². The molecule has 0 saturated carbocycles. The van der Waals surface area contributed by atoms with Crippen LogP contribution in [0.4, 0.5) is 0 Å². The van der Waals surface area contributed by atoms with E-state index in [1.165, 1.54) is 0 Å². The van der Waals surface area contributed by atoms with Crippen LogP contribution in [0.15, 0.2) is 16.6 Å². The van der Waals surface area contributed by atoms with Gasteiger partial charge < -0.3 is 9.47 Å². The molecule has 0 aliphatic carbocycles. The van der Waals surface area contributed by atoms with Crippen LogP contribution >= 0.6 is 39.1 Å². The van der Waals surface area contributed by atoms with Gasteiger partial charge in [0, 0.05) is 35.6 Å². The third-order valence-corrected chi connectivity index (χ3v) is 4.94. The minimum Gasteiger partial charge on any atom is -0.340 e. The van der Waals surface area contributed by atoms with Gasteiger partial charge in [0.1, 0.15) is 0 Å². The summed E-state index contributed by atoms with van der Waals surface area (Å²) < 4.78 is 3.07. The van der Waals surface area contributed by atoms with Crippen molar-refractivity contribution in [2.45, 2.75) is 20.0 Å². The van der Waals surface area contributed by atoms with Crippen molar-refractivity contribution in [1.29, 1.82) is 0 Å². The van der Waals surface area contributed by atoms with Gasteiger partial charge in [-0.2, -0.15) is 0 Å². The van der Waals surface area contributed by atoms with Crippen molar-refractivity contribution < 1.29 is 4.79 Å². The largest absolute Gasteiger partial charge is 0.340 e. The molecule has 2 heterocycles. The van der Waals surface area contributed by atoms with Crippen molar-refractivity contribution in [1.82, 2.24) is 9.47 Å². The van der Waals surface area contributed by atoms with Gasteiger partial charge in [0.25, 0.3) is 0 Å². The Hall–Kier alpha value is -0.710. The van der Waals surface area contributed by atoms with Gasteiger partial charge in [0.15, 0.2) is 0 Å². The molecule has 0 bridgehead atoms. The first kappa shape index (κ1) is 13.3. The third-order valence-electron chi connectivity index (χ3n) is 3.50. The molecule has 0 N–H and O–H groups in total. The Morgan fingerprint density at radius 3 is 2.74 bits per heavy atom. The molecule has 3 rings (SSSR count). The quantitative estimate of drug-likeness (QED) is 0.649. The average Bonchev–Trinajstić information content (AvgIpc) is 2.75. The number of amides is 1. The molecule has 0 radical (unpaired) electrons. The molecule has 6 heteroatoms. The van der Waals surface area contributed by atoms with Crippen LogP contribution in [0.2, 0.25) is 10.0 Å². The van der Waals surface area contributed by atoms with E-state index < -0.39 is 0 Å². The van der Waals surface area contributed by atoms with Crippen molar-refractivity contribution in [2.24, 2.45) is 0 Å². The Labute approximate surface area is 129 Å². The van der Waals surface area contributed by atoms with Gasteiger partial charge in [0.05, 0.1) is 22.1 Å². The summed E-state index contributed by atoms with van der Waals surface area (Å²) in [4.78, 5) is 13.3. The first-order chi connectivity index (χ1) is 8.99. The topological polar surface area (TPSA) is 25.2 Å². The minimum absolute atomic E-state index is 0.0969. The number of nitrogens with zero attached hydrogens (tertiary/aromatic N) is 2. The van der Waals surface area contributed by atoms with Gasteiger partial charge in [-0.3, -0.25) is 4.79 Å². The van der Waals surface area contributed by atoms with Crippen LogP contribution < -0.4 is 0 Å². The Morgan fingerprint density at radius 1 is 1.32 bits per heavy atom. The third kappa shape index (κ3) is 2.06. The maximum absolute atomic E-state index is 11.5. The van der Waals surface area contributed by atoms with Gasteiger partial charge in [-0.05, 0) is 12.1 Å². The second kappa shape index (κ2) is 4.69. The number of benzene rings is 1. The van der Waals surface area contributed by atoms with E-state index in [0.29, 0.717) is 23.1 Å². The lowest BCUT2D eigenvalue weighted by molar-refractivity contribution is -0.130. The summed E-state index contributed by atoms with van der Waals surface area (Å²) in [5, 5.41) is 2.15. The first-order valence-electron chi connectivity index (χ1n) is 5.90. The number of halogens is 3. The molecule has 3 nitrogen and oxygen atoms in total. The number of fused-ring (bicyclic) bond motifs is 3. The van der Waals surface area contributed by atoms with Crippen LogP contribution in [-0.2, 0) is 17.9 Å². The number of hydrogen-bond acceptors (Lipinski definition) is 1. The fourth-order valence-electron chi connectivity index (χ4n) is 2.54. The molecule has 2 aromatic rings. The highest BCUT2D eigenvalue weighted by Gasteiger charge is 2.23. The van der Waals surface area contributed by atoms with Crippen molar-refractivity contribution in [3.8, 4) is 0 Å². The van der Waals surface area contributed by atoms with E-state index in [9.17, 15) is 4.79 Å².